The molecule has 0 aromatic rings. The van der Waals surface area contributed by atoms with Crippen LogP contribution in [0.1, 0.15) is 79.1 Å². The number of aliphatic hydroxyl groups is 1. The first kappa shape index (κ1) is 33.7. The number of carbonyl (C=O) groups is 3. The van der Waals surface area contributed by atoms with Gasteiger partial charge in [-0.2, -0.15) is 0 Å². The number of rotatable bonds is 17. The Hall–Kier alpha value is -2.37. The van der Waals surface area contributed by atoms with Gasteiger partial charge < -0.3 is 0 Å². The van der Waals surface area contributed by atoms with Gasteiger partial charge in [-0.05, 0) is 0 Å². The first-order valence-corrected chi connectivity index (χ1v) is 13.2. The summed E-state index contributed by atoms with van der Waals surface area (Å²) in [7, 11) is 3.40. The van der Waals surface area contributed by atoms with Crippen LogP contribution in [0, 0.1) is 10.7 Å². The third-order valence-corrected chi connectivity index (χ3v) is 6.85. The molecule has 1 saturated heterocycles. The molecule has 0 spiro atoms. The van der Waals surface area contributed by atoms with Gasteiger partial charge in [0, 0.05) is 0 Å². The zero-order valence-corrected chi connectivity index (χ0v) is 23.6. The second-order valence-electron chi connectivity index (χ2n) is 10.1. The number of methoxy groups -OCH3 is 2. The van der Waals surface area contributed by atoms with Crippen LogP contribution in [0.25, 0.3) is 0 Å². The molecule has 1 aliphatic rings. The Kier molecular flexibility index (Phi) is 14.7. The normalized spacial score (nSPS) is 24.4. The van der Waals surface area contributed by atoms with E-state index in [-0.39, 0.29) is 19.3 Å². The van der Waals surface area contributed by atoms with Crippen molar-refractivity contribution in [1.82, 2.24) is 0 Å². The van der Waals surface area contributed by atoms with Crippen LogP contribution in [0.3, 0.4) is 0 Å². The summed E-state index contributed by atoms with van der Waals surface area (Å²) in [6.45, 7) is 7.26. The van der Waals surface area contributed by atoms with Crippen LogP contribution in [-0.2, 0) is 38.0 Å². The summed E-state index contributed by atoms with van der Waals surface area (Å²) < 4.78 is 28.3. The molecule has 0 bridgehead atoms. The molecule has 5 atom stereocenters. The number of aliphatic hydroxyl groups excluding tert-OH is 1. The van der Waals surface area contributed by atoms with Crippen LogP contribution in [0.2, 0.25) is 0 Å². The molecule has 2 N–H and O–H groups in total. The van der Waals surface area contributed by atoms with Gasteiger partial charge in [0.1, 0.15) is 0 Å². The van der Waals surface area contributed by atoms with Crippen molar-refractivity contribution in [2.45, 2.75) is 109 Å². The topological polar surface area (TPSA) is 141 Å². The van der Waals surface area contributed by atoms with Gasteiger partial charge in [-0.25, -0.2) is 0 Å². The summed E-state index contributed by atoms with van der Waals surface area (Å²) in [5.41, 5.74) is -0.639. The number of nitrogens with one attached hydrogen (secondary N) is 1. The third-order valence-electron chi connectivity index (χ3n) is 6.85. The van der Waals surface area contributed by atoms with Crippen LogP contribution in [-0.4, -0.2) is 75.0 Å². The fourth-order valence-electron chi connectivity index (χ4n) is 4.62. The molecule has 0 saturated carbocycles. The van der Waals surface area contributed by atoms with Gasteiger partial charge in [0.15, 0.2) is 0 Å². The van der Waals surface area contributed by atoms with E-state index in [1.807, 2.05) is 0 Å². The zero-order chi connectivity index (χ0) is 28.8. The minimum absolute atomic E-state index is 0.0736. The molecule has 11 heteroatoms. The van der Waals surface area contributed by atoms with Gasteiger partial charge >= 0.3 is 194 Å². The number of hydrogen-bond donors (Lipinski definition) is 2. The molecule has 1 rings (SSSR count). The van der Waals surface area contributed by atoms with Crippen molar-refractivity contribution < 1.29 is 43.1 Å². The summed E-state index contributed by atoms with van der Waals surface area (Å²) in [5.74, 6) is -2.76. The fourth-order valence-corrected chi connectivity index (χ4v) is 4.62. The molecule has 38 heavy (non-hydrogen) atoms. The standard InChI is InChI=1S/C27H44BNO9/c1-7-8-9-10-11-13-23(32)36-25-20(17-24(33)34-5)16-21(18-22(31)19(2)38-28-29)37-27(25,35-6)26(3,4)14-12-15-30/h12,14-15,17,19,21-22,25,29,31H,7-11,13,16,18H2,1-6H3/b14-12+,20-17+/t19-,21+,22-,25+,27-/m1/s1. The monoisotopic (exact) mass is 537 g/mol. The van der Waals surface area contributed by atoms with Gasteiger partial charge in [-0.15, -0.1) is 0 Å². The van der Waals surface area contributed by atoms with Crippen molar-refractivity contribution in [3.63, 3.8) is 0 Å². The van der Waals surface area contributed by atoms with Gasteiger partial charge in [0.2, 0.25) is 0 Å². The number of aldehydes is 1. The summed E-state index contributed by atoms with van der Waals surface area (Å²) in [4.78, 5) is 36.5. The first-order chi connectivity index (χ1) is 18.0. The number of unbranched alkanes of at least 4 members (excludes halogenated alkanes) is 4. The average Bonchev–Trinajstić information content (AvgIpc) is 2.88. The van der Waals surface area contributed by atoms with E-state index in [0.29, 0.717) is 18.3 Å². The minimum atomic E-state index is -1.65. The van der Waals surface area contributed by atoms with Gasteiger partial charge in [0.05, 0.1) is 0 Å². The molecule has 0 radical (unpaired) electrons. The van der Waals surface area contributed by atoms with E-state index < -0.39 is 47.6 Å². The van der Waals surface area contributed by atoms with Crippen LogP contribution >= 0.6 is 0 Å². The van der Waals surface area contributed by atoms with Crippen molar-refractivity contribution in [1.29, 1.82) is 5.31 Å². The van der Waals surface area contributed by atoms with E-state index in [1.165, 1.54) is 26.4 Å². The molecule has 1 heterocycles. The molecule has 0 unspecified atom stereocenters. The van der Waals surface area contributed by atoms with Gasteiger partial charge in [-0.1, -0.05) is 32.6 Å². The van der Waals surface area contributed by atoms with E-state index in [2.05, 4.69) is 6.92 Å². The quantitative estimate of drug-likeness (QED) is 0.0931. The summed E-state index contributed by atoms with van der Waals surface area (Å²) in [6.07, 6.45) is 6.42. The van der Waals surface area contributed by atoms with Crippen molar-refractivity contribution >= 4 is 25.5 Å². The molecule has 0 aromatic heterocycles. The second kappa shape index (κ2) is 16.6. The van der Waals surface area contributed by atoms with E-state index >= 15 is 0 Å². The van der Waals surface area contributed by atoms with Crippen LogP contribution in [0.15, 0.2) is 23.8 Å². The zero-order valence-electron chi connectivity index (χ0n) is 23.6. The number of allylic oxidation sites excluding steroid dienone is 1. The summed E-state index contributed by atoms with van der Waals surface area (Å²) in [5, 5.41) is 17.8. The summed E-state index contributed by atoms with van der Waals surface area (Å²) in [6, 6.07) is 0. The predicted molar refractivity (Wildman–Crippen MR) is 141 cm³/mol. The third kappa shape index (κ3) is 9.43. The molecule has 1 fully saturated rings. The Labute approximate surface area is 226 Å². The Bertz CT molecular complexity index is 844. The van der Waals surface area contributed by atoms with Crippen molar-refractivity contribution in [2.24, 2.45) is 5.41 Å². The molecule has 0 aliphatic carbocycles. The number of hydrogen-bond acceptors (Lipinski definition) is 10. The molecule has 0 aromatic carbocycles. The maximum atomic E-state index is 13.0. The van der Waals surface area contributed by atoms with E-state index in [4.69, 9.17) is 28.9 Å². The predicted octanol–water partition coefficient (Wildman–Crippen LogP) is 3.81. The summed E-state index contributed by atoms with van der Waals surface area (Å²) >= 11 is 0. The fraction of sp³-hybridized carbons (Fsp3) is 0.741. The SMILES string of the molecule is CCCCCCCC(=O)O[C@H]1/C(=C/C(=O)OC)C[C@@H](C[C@@H](O)[C@@H](C)OB=N)O[C@@]1(OC)C(C)(C)/C=C/C=O. The van der Waals surface area contributed by atoms with E-state index in [9.17, 15) is 19.5 Å². The van der Waals surface area contributed by atoms with Gasteiger partial charge in [-0.3, -0.25) is 0 Å². The Morgan fingerprint density at radius 3 is 2.53 bits per heavy atom. The molecule has 0 amide bonds. The Morgan fingerprint density at radius 2 is 1.95 bits per heavy atom. The Balaban J connectivity index is 3.48. The van der Waals surface area contributed by atoms with E-state index in [0.717, 1.165) is 33.0 Å². The van der Waals surface area contributed by atoms with Crippen molar-refractivity contribution in [3.8, 4) is 0 Å². The molecule has 214 valence electrons. The molecular weight excluding hydrogens is 493 g/mol. The number of esters is 2. The molecule has 10 nitrogen and oxygen atoms in total. The van der Waals surface area contributed by atoms with Crippen molar-refractivity contribution in [2.75, 3.05) is 14.2 Å². The maximum absolute atomic E-state index is 13.0. The number of ether oxygens (including phenoxy) is 4. The van der Waals surface area contributed by atoms with Gasteiger partial charge in [0.25, 0.3) is 0 Å². The van der Waals surface area contributed by atoms with Crippen LogP contribution < -0.4 is 0 Å². The molecule has 1 aliphatic heterocycles. The van der Waals surface area contributed by atoms with Crippen LogP contribution in [0.5, 0.6) is 0 Å². The first-order valence-electron chi connectivity index (χ1n) is 13.2. The molecular formula is C27H44BNO9. The number of carbonyl (C=O) groups excluding carboxylic acids is 3. The van der Waals surface area contributed by atoms with Crippen molar-refractivity contribution in [3.05, 3.63) is 23.8 Å². The van der Waals surface area contributed by atoms with Crippen LogP contribution in [0.4, 0.5) is 0 Å². The average molecular weight is 537 g/mol. The Morgan fingerprint density at radius 1 is 1.26 bits per heavy atom. The second-order valence-corrected chi connectivity index (χ2v) is 10.1. The van der Waals surface area contributed by atoms with E-state index in [1.54, 1.807) is 26.8 Å².